The molecule has 4 aromatic rings. The van der Waals surface area contributed by atoms with Gasteiger partial charge in [-0.2, -0.15) is 5.26 Å². The van der Waals surface area contributed by atoms with E-state index in [1.165, 1.54) is 6.26 Å². The second-order valence-corrected chi connectivity index (χ2v) is 10.6. The first-order valence-corrected chi connectivity index (χ1v) is 12.8. The number of nitrogens with zero attached hydrogens (tertiary/aromatic N) is 5. The molecule has 1 amide bonds. The number of rotatable bonds is 4. The number of hydrogen-bond donors (Lipinski definition) is 1. The van der Waals surface area contributed by atoms with Crippen LogP contribution >= 0.6 is 0 Å². The molecule has 5 rings (SSSR count). The van der Waals surface area contributed by atoms with Gasteiger partial charge in [0.1, 0.15) is 11.7 Å². The third kappa shape index (κ3) is 4.00. The highest BCUT2D eigenvalue weighted by atomic mass is 32.2. The summed E-state index contributed by atoms with van der Waals surface area (Å²) in [5.74, 6) is 0.593. The summed E-state index contributed by atoms with van der Waals surface area (Å²) in [4.78, 5) is 24.5. The first kappa shape index (κ1) is 22.6. The van der Waals surface area contributed by atoms with Crippen LogP contribution in [-0.4, -0.2) is 36.8 Å². The molecule has 9 nitrogen and oxygen atoms in total. The fraction of sp³-hybridized carbons (Fsp3) is 0.200. The summed E-state index contributed by atoms with van der Waals surface area (Å²) in [7, 11) is -2.89. The van der Waals surface area contributed by atoms with Gasteiger partial charge in [-0.15, -0.1) is 0 Å². The number of ether oxygens (including phenoxy) is 1. The van der Waals surface area contributed by atoms with E-state index < -0.39 is 15.8 Å². The Hall–Kier alpha value is -4.23. The van der Waals surface area contributed by atoms with Gasteiger partial charge in [0, 0.05) is 22.9 Å². The van der Waals surface area contributed by atoms with Gasteiger partial charge < -0.3 is 9.14 Å². The van der Waals surface area contributed by atoms with E-state index in [0.29, 0.717) is 38.9 Å². The predicted molar refractivity (Wildman–Crippen MR) is 131 cm³/mol. The molecule has 0 radical (unpaired) electrons. The summed E-state index contributed by atoms with van der Waals surface area (Å²) in [5, 5.41) is 9.33. The zero-order valence-corrected chi connectivity index (χ0v) is 20.2. The largest absolute Gasteiger partial charge is 0.477 e. The van der Waals surface area contributed by atoms with Crippen molar-refractivity contribution in [3.8, 4) is 23.1 Å². The van der Waals surface area contributed by atoms with Gasteiger partial charge in [0.15, 0.2) is 17.7 Å². The van der Waals surface area contributed by atoms with Crippen LogP contribution in [0.25, 0.3) is 16.9 Å². The van der Waals surface area contributed by atoms with Crippen LogP contribution in [0.1, 0.15) is 23.9 Å². The lowest BCUT2D eigenvalue weighted by atomic mass is 10.1. The number of nitrogens with one attached hydrogen (secondary N) is 1. The third-order valence-corrected chi connectivity index (χ3v) is 7.10. The highest BCUT2D eigenvalue weighted by molar-refractivity contribution is 7.91. The van der Waals surface area contributed by atoms with Gasteiger partial charge in [-0.25, -0.2) is 19.0 Å². The summed E-state index contributed by atoms with van der Waals surface area (Å²) >= 11 is 0. The number of benzene rings is 1. The molecule has 1 aliphatic rings. The van der Waals surface area contributed by atoms with Crippen molar-refractivity contribution < 1.29 is 13.7 Å². The van der Waals surface area contributed by atoms with Crippen LogP contribution < -0.4 is 9.64 Å². The average Bonchev–Trinajstić information content (AvgIpc) is 3.15. The molecule has 10 heteroatoms. The number of pyridine rings is 2. The fourth-order valence-electron chi connectivity index (χ4n) is 4.11. The van der Waals surface area contributed by atoms with Gasteiger partial charge in [0.2, 0.25) is 0 Å². The Morgan fingerprint density at radius 2 is 2.00 bits per heavy atom. The molecule has 2 atom stereocenters. The van der Waals surface area contributed by atoms with E-state index in [1.807, 2.05) is 17.4 Å². The van der Waals surface area contributed by atoms with E-state index in [0.717, 1.165) is 11.4 Å². The Balaban J connectivity index is 1.61. The first-order valence-electron chi connectivity index (χ1n) is 10.9. The lowest BCUT2D eigenvalue weighted by molar-refractivity contribution is -0.125. The summed E-state index contributed by atoms with van der Waals surface area (Å²) in [6.45, 7) is 3.74. The molecule has 1 aliphatic heterocycles. The smallest absolute Gasteiger partial charge is 0.269 e. The molecule has 35 heavy (non-hydrogen) atoms. The van der Waals surface area contributed by atoms with E-state index in [9.17, 15) is 14.3 Å². The second-order valence-electron chi connectivity index (χ2n) is 8.48. The van der Waals surface area contributed by atoms with E-state index >= 15 is 0 Å². The molecule has 0 fully saturated rings. The summed E-state index contributed by atoms with van der Waals surface area (Å²) in [6.07, 6.45) is 2.39. The lowest BCUT2D eigenvalue weighted by Crippen LogP contribution is -2.44. The van der Waals surface area contributed by atoms with Crippen molar-refractivity contribution in [2.75, 3.05) is 11.2 Å². The number of carbonyl (C=O) groups is 1. The molecular weight excluding hydrogens is 464 g/mol. The van der Waals surface area contributed by atoms with Crippen LogP contribution in [0.5, 0.6) is 5.75 Å². The van der Waals surface area contributed by atoms with Gasteiger partial charge in [0.25, 0.3) is 5.91 Å². The van der Waals surface area contributed by atoms with Crippen LogP contribution in [0.15, 0.2) is 59.6 Å². The number of aromatic nitrogens is 3. The molecule has 0 spiro atoms. The number of carbonyl (C=O) groups excluding carboxylic acids is 1. The standard InChI is InChI=1S/C25H22N6O3S/c1-15-21(30-13-17(12-26)7-10-23(30)28-15)14-31-24-22(34-16(2)25(31)32)9-8-20(29-24)18-5-4-6-19(11-18)35(3,27)33/h4-11,13,16,27H,14H2,1-3H3/t16-,35?/m1/s1. The van der Waals surface area contributed by atoms with E-state index in [-0.39, 0.29) is 12.5 Å². The molecule has 3 aromatic heterocycles. The van der Waals surface area contributed by atoms with Gasteiger partial charge in [-0.1, -0.05) is 12.1 Å². The van der Waals surface area contributed by atoms with Crippen LogP contribution in [0.4, 0.5) is 5.82 Å². The minimum atomic E-state index is -2.89. The minimum absolute atomic E-state index is 0.188. The number of amides is 1. The van der Waals surface area contributed by atoms with Crippen molar-refractivity contribution in [2.45, 2.75) is 31.4 Å². The quantitative estimate of drug-likeness (QED) is 0.466. The molecular formula is C25H22N6O3S. The van der Waals surface area contributed by atoms with Crippen LogP contribution in [0.2, 0.25) is 0 Å². The maximum atomic E-state index is 13.2. The molecule has 1 unspecified atom stereocenters. The Kier molecular flexibility index (Phi) is 5.29. The second kappa shape index (κ2) is 8.21. The molecule has 176 valence electrons. The van der Waals surface area contributed by atoms with Crippen molar-refractivity contribution in [3.05, 3.63) is 71.7 Å². The molecule has 1 aromatic carbocycles. The Morgan fingerprint density at radius 1 is 1.20 bits per heavy atom. The topological polar surface area (TPSA) is 124 Å². The van der Waals surface area contributed by atoms with Crippen LogP contribution in [-0.2, 0) is 21.1 Å². The lowest BCUT2D eigenvalue weighted by Gasteiger charge is -2.32. The van der Waals surface area contributed by atoms with Crippen molar-refractivity contribution in [1.29, 1.82) is 10.0 Å². The molecule has 0 saturated heterocycles. The number of nitriles is 1. The number of hydrogen-bond acceptors (Lipinski definition) is 7. The van der Waals surface area contributed by atoms with Crippen LogP contribution in [0.3, 0.4) is 0 Å². The Bertz CT molecular complexity index is 1650. The van der Waals surface area contributed by atoms with Crippen molar-refractivity contribution >= 4 is 27.1 Å². The predicted octanol–water partition coefficient (Wildman–Crippen LogP) is 3.93. The maximum Gasteiger partial charge on any atom is 0.269 e. The SMILES string of the molecule is Cc1nc2ccc(C#N)cn2c1CN1C(=O)[C@@H](C)Oc2ccc(-c3cccc(S(C)(=N)=O)c3)nc21. The van der Waals surface area contributed by atoms with E-state index in [1.54, 1.807) is 60.5 Å². The maximum absolute atomic E-state index is 13.2. The molecule has 0 aliphatic carbocycles. The summed E-state index contributed by atoms with van der Waals surface area (Å²) in [5.41, 5.74) is 3.92. The summed E-state index contributed by atoms with van der Waals surface area (Å²) < 4.78 is 27.8. The zero-order chi connectivity index (χ0) is 24.9. The Labute approximate surface area is 202 Å². The van der Waals surface area contributed by atoms with Gasteiger partial charge in [-0.05, 0) is 50.2 Å². The van der Waals surface area contributed by atoms with Gasteiger partial charge in [-0.3, -0.25) is 9.69 Å². The molecule has 0 saturated carbocycles. The number of aryl methyl sites for hydroxylation is 1. The van der Waals surface area contributed by atoms with Crippen LogP contribution in [0, 0.1) is 23.0 Å². The summed E-state index contributed by atoms with van der Waals surface area (Å²) in [6, 6.07) is 16.0. The monoisotopic (exact) mass is 486 g/mol. The van der Waals surface area contributed by atoms with E-state index in [2.05, 4.69) is 11.1 Å². The molecule has 0 bridgehead atoms. The number of fused-ring (bicyclic) bond motifs is 2. The van der Waals surface area contributed by atoms with Crippen molar-refractivity contribution in [3.63, 3.8) is 0 Å². The van der Waals surface area contributed by atoms with Crippen molar-refractivity contribution in [2.24, 2.45) is 0 Å². The normalized spacial score (nSPS) is 16.9. The van der Waals surface area contributed by atoms with Gasteiger partial charge in [0.05, 0.1) is 38.9 Å². The highest BCUT2D eigenvalue weighted by Crippen LogP contribution is 2.36. The molecule has 1 N–H and O–H groups in total. The first-order chi connectivity index (χ1) is 16.7. The fourth-order valence-corrected chi connectivity index (χ4v) is 4.80. The highest BCUT2D eigenvalue weighted by Gasteiger charge is 2.34. The van der Waals surface area contributed by atoms with Crippen molar-refractivity contribution in [1.82, 2.24) is 14.4 Å². The number of anilines is 1. The minimum Gasteiger partial charge on any atom is -0.477 e. The average molecular weight is 487 g/mol. The van der Waals surface area contributed by atoms with Gasteiger partial charge >= 0.3 is 0 Å². The van der Waals surface area contributed by atoms with E-state index in [4.69, 9.17) is 14.5 Å². The third-order valence-electron chi connectivity index (χ3n) is 5.95. The Morgan fingerprint density at radius 3 is 2.74 bits per heavy atom. The molecule has 4 heterocycles. The number of imidazole rings is 1. The zero-order valence-electron chi connectivity index (χ0n) is 19.3.